The first kappa shape index (κ1) is 16.7. The molecule has 0 saturated heterocycles. The van der Waals surface area contributed by atoms with Gasteiger partial charge in [-0.15, -0.1) is 0 Å². The molecule has 2 aromatic carbocycles. The number of anilines is 1. The van der Waals surface area contributed by atoms with Crippen LogP contribution in [-0.2, 0) is 9.84 Å². The minimum Gasteiger partial charge on any atom is -0.300 e. The van der Waals surface area contributed by atoms with Crippen LogP contribution in [0, 0.1) is 5.82 Å². The van der Waals surface area contributed by atoms with Gasteiger partial charge < -0.3 is 4.90 Å². The van der Waals surface area contributed by atoms with Gasteiger partial charge in [0.15, 0.2) is 9.84 Å². The first-order valence-electron chi connectivity index (χ1n) is 7.11. The predicted octanol–water partition coefficient (Wildman–Crippen LogP) is 3.44. The molecular weight excluding hydrogens is 353 g/mol. The van der Waals surface area contributed by atoms with Crippen molar-refractivity contribution in [1.29, 1.82) is 0 Å². The summed E-state index contributed by atoms with van der Waals surface area (Å²) in [5, 5.41) is 1.50. The fraction of sp³-hybridized carbons (Fsp3) is 0.118. The van der Waals surface area contributed by atoms with Gasteiger partial charge in [0.25, 0.3) is 5.91 Å². The third-order valence-corrected chi connectivity index (χ3v) is 5.23. The van der Waals surface area contributed by atoms with Gasteiger partial charge in [0.05, 0.1) is 11.8 Å². The van der Waals surface area contributed by atoms with E-state index >= 15 is 0 Å². The molecule has 1 aliphatic heterocycles. The lowest BCUT2D eigenvalue weighted by molar-refractivity contribution is 0.0982. The van der Waals surface area contributed by atoms with Crippen LogP contribution in [0.3, 0.4) is 0 Å². The zero-order valence-corrected chi connectivity index (χ0v) is 14.0. The van der Waals surface area contributed by atoms with E-state index in [1.165, 1.54) is 29.2 Å². The third-order valence-electron chi connectivity index (χ3n) is 3.62. The van der Waals surface area contributed by atoms with Crippen molar-refractivity contribution < 1.29 is 17.6 Å². The van der Waals surface area contributed by atoms with Crippen molar-refractivity contribution in [3.8, 4) is 0 Å². The standard InChI is InChI=1S/C17H13ClFNO3S/c18-13-4-2-6-15(10-13)20(16-7-8-24(22,23)11-16)17(21)12-3-1-5-14(19)9-12/h1-10,16H,11H2/t16-/m1/s1. The van der Waals surface area contributed by atoms with Gasteiger partial charge in [0, 0.05) is 21.7 Å². The number of sulfone groups is 1. The molecule has 0 saturated carbocycles. The van der Waals surface area contributed by atoms with Gasteiger partial charge in [-0.3, -0.25) is 4.79 Å². The molecule has 0 bridgehead atoms. The summed E-state index contributed by atoms with van der Waals surface area (Å²) in [5.41, 5.74) is 0.580. The zero-order chi connectivity index (χ0) is 17.3. The molecule has 1 aliphatic rings. The number of rotatable bonds is 3. The number of hydrogen-bond acceptors (Lipinski definition) is 3. The Labute approximate surface area is 144 Å². The Kier molecular flexibility index (Phi) is 4.43. The summed E-state index contributed by atoms with van der Waals surface area (Å²) in [6.07, 6.45) is 1.45. The van der Waals surface area contributed by atoms with E-state index in [2.05, 4.69) is 0 Å². The van der Waals surface area contributed by atoms with E-state index in [-0.39, 0.29) is 11.3 Å². The number of carbonyl (C=O) groups excluding carboxylic acids is 1. The number of amides is 1. The van der Waals surface area contributed by atoms with Gasteiger partial charge in [0.1, 0.15) is 5.82 Å². The lowest BCUT2D eigenvalue weighted by Gasteiger charge is -2.28. The Morgan fingerprint density at radius 1 is 1.17 bits per heavy atom. The summed E-state index contributed by atoms with van der Waals surface area (Å²) in [5.74, 6) is -1.26. The molecule has 0 unspecified atom stereocenters. The molecule has 1 atom stereocenters. The lowest BCUT2D eigenvalue weighted by Crippen LogP contribution is -2.41. The summed E-state index contributed by atoms with van der Waals surface area (Å²) in [6.45, 7) is 0. The third kappa shape index (κ3) is 3.49. The highest BCUT2D eigenvalue weighted by Crippen LogP contribution is 2.27. The molecular formula is C17H13ClFNO3S. The maximum absolute atomic E-state index is 13.5. The van der Waals surface area contributed by atoms with Gasteiger partial charge in [-0.05, 0) is 42.5 Å². The summed E-state index contributed by atoms with van der Waals surface area (Å²) < 4.78 is 36.9. The largest absolute Gasteiger partial charge is 0.300 e. The van der Waals surface area contributed by atoms with Gasteiger partial charge in [-0.2, -0.15) is 0 Å². The van der Waals surface area contributed by atoms with Crippen LogP contribution < -0.4 is 4.90 Å². The van der Waals surface area contributed by atoms with E-state index in [1.54, 1.807) is 24.3 Å². The monoisotopic (exact) mass is 365 g/mol. The Balaban J connectivity index is 2.05. The molecule has 0 N–H and O–H groups in total. The first-order valence-corrected chi connectivity index (χ1v) is 9.21. The molecule has 0 spiro atoms. The van der Waals surface area contributed by atoms with E-state index in [0.29, 0.717) is 10.7 Å². The Morgan fingerprint density at radius 2 is 1.92 bits per heavy atom. The van der Waals surface area contributed by atoms with E-state index in [1.807, 2.05) is 0 Å². The van der Waals surface area contributed by atoms with E-state index in [0.717, 1.165) is 11.5 Å². The van der Waals surface area contributed by atoms with Crippen LogP contribution in [-0.4, -0.2) is 26.1 Å². The smallest absolute Gasteiger partial charge is 0.258 e. The van der Waals surface area contributed by atoms with Gasteiger partial charge in [-0.25, -0.2) is 12.8 Å². The highest BCUT2D eigenvalue weighted by Gasteiger charge is 2.32. The number of hydrogen-bond donors (Lipinski definition) is 0. The molecule has 0 fully saturated rings. The normalized spacial score (nSPS) is 18.5. The van der Waals surface area contributed by atoms with E-state index in [4.69, 9.17) is 11.6 Å². The molecule has 1 amide bonds. The second-order valence-electron chi connectivity index (χ2n) is 5.39. The average Bonchev–Trinajstić information content (AvgIpc) is 2.87. The van der Waals surface area contributed by atoms with Crippen molar-refractivity contribution >= 4 is 33.0 Å². The summed E-state index contributed by atoms with van der Waals surface area (Å²) in [4.78, 5) is 14.2. The van der Waals surface area contributed by atoms with Crippen molar-refractivity contribution in [3.05, 3.63) is 76.4 Å². The fourth-order valence-electron chi connectivity index (χ4n) is 2.57. The van der Waals surface area contributed by atoms with Crippen molar-refractivity contribution in [3.63, 3.8) is 0 Å². The first-order chi connectivity index (χ1) is 11.4. The minimum atomic E-state index is -3.36. The topological polar surface area (TPSA) is 54.5 Å². The van der Waals surface area contributed by atoms with Crippen LogP contribution in [0.2, 0.25) is 5.02 Å². The maximum atomic E-state index is 13.5. The van der Waals surface area contributed by atoms with Crippen LogP contribution in [0.5, 0.6) is 0 Å². The number of carbonyl (C=O) groups is 1. The highest BCUT2D eigenvalue weighted by molar-refractivity contribution is 7.94. The second kappa shape index (κ2) is 6.37. The number of benzene rings is 2. The minimum absolute atomic E-state index is 0.132. The highest BCUT2D eigenvalue weighted by atomic mass is 35.5. The molecule has 2 aromatic rings. The Bertz CT molecular complexity index is 927. The molecule has 24 heavy (non-hydrogen) atoms. The molecule has 124 valence electrons. The SMILES string of the molecule is O=C(c1cccc(F)c1)N(c1cccc(Cl)c1)[C@@H]1C=CS(=O)(=O)C1. The Morgan fingerprint density at radius 3 is 2.54 bits per heavy atom. The van der Waals surface area contributed by atoms with Crippen LogP contribution in [0.1, 0.15) is 10.4 Å². The lowest BCUT2D eigenvalue weighted by atomic mass is 10.1. The quantitative estimate of drug-likeness (QED) is 0.837. The number of halogens is 2. The molecule has 0 radical (unpaired) electrons. The second-order valence-corrected chi connectivity index (χ2v) is 7.76. The van der Waals surface area contributed by atoms with Crippen LogP contribution >= 0.6 is 11.6 Å². The van der Waals surface area contributed by atoms with Crippen molar-refractivity contribution in [2.75, 3.05) is 10.7 Å². The average molecular weight is 366 g/mol. The Hall–Kier alpha value is -2.18. The van der Waals surface area contributed by atoms with Crippen molar-refractivity contribution in [2.45, 2.75) is 6.04 Å². The molecule has 0 aromatic heterocycles. The number of nitrogens with zero attached hydrogens (tertiary/aromatic N) is 1. The summed E-state index contributed by atoms with van der Waals surface area (Å²) >= 11 is 5.99. The van der Waals surface area contributed by atoms with Gasteiger partial charge in [-0.1, -0.05) is 23.7 Å². The van der Waals surface area contributed by atoms with Crippen LogP contribution in [0.4, 0.5) is 10.1 Å². The van der Waals surface area contributed by atoms with Crippen molar-refractivity contribution in [2.24, 2.45) is 0 Å². The fourth-order valence-corrected chi connectivity index (χ4v) is 4.02. The summed E-state index contributed by atoms with van der Waals surface area (Å²) in [6, 6.07) is 11.1. The molecule has 1 heterocycles. The van der Waals surface area contributed by atoms with Crippen molar-refractivity contribution in [1.82, 2.24) is 0 Å². The maximum Gasteiger partial charge on any atom is 0.258 e. The van der Waals surface area contributed by atoms with Crippen LogP contribution in [0.15, 0.2) is 60.0 Å². The molecule has 3 rings (SSSR count). The van der Waals surface area contributed by atoms with Crippen LogP contribution in [0.25, 0.3) is 0 Å². The predicted molar refractivity (Wildman–Crippen MR) is 91.4 cm³/mol. The van der Waals surface area contributed by atoms with Gasteiger partial charge >= 0.3 is 0 Å². The summed E-state index contributed by atoms with van der Waals surface area (Å²) in [7, 11) is -3.36. The molecule has 4 nitrogen and oxygen atoms in total. The van der Waals surface area contributed by atoms with Gasteiger partial charge in [0.2, 0.25) is 0 Å². The molecule has 7 heteroatoms. The molecule has 0 aliphatic carbocycles. The zero-order valence-electron chi connectivity index (χ0n) is 12.4. The van der Waals surface area contributed by atoms with E-state index < -0.39 is 27.6 Å². The van der Waals surface area contributed by atoms with E-state index in [9.17, 15) is 17.6 Å².